The highest BCUT2D eigenvalue weighted by Crippen LogP contribution is 2.56. The van der Waals surface area contributed by atoms with Crippen LogP contribution in [0.4, 0.5) is 0 Å². The molecule has 16 nitrogen and oxygen atoms in total. The van der Waals surface area contributed by atoms with Crippen LogP contribution >= 0.6 is 18.0 Å². The first-order valence-corrected chi connectivity index (χ1v) is 23.6. The maximum Gasteiger partial charge on any atom is 0.254 e. The monoisotopic (exact) mass is 856 g/mol. The molecule has 18 heteroatoms. The number of terminal acetylenes is 3. The van der Waals surface area contributed by atoms with Gasteiger partial charge in [0.05, 0.1) is 65.6 Å². The molecule has 4 N–H and O–H groups in total. The highest BCUT2D eigenvalue weighted by atomic mass is 32.7. The minimum atomic E-state index is -2.79. The molecule has 0 aromatic heterocycles. The molecule has 328 valence electrons. The molecule has 0 heterocycles. The number of carbonyl (C=O) groups excluding carboxylic acids is 4. The topological polar surface area (TPSA) is 198 Å². The summed E-state index contributed by atoms with van der Waals surface area (Å²) in [4.78, 5) is 53.2. The van der Waals surface area contributed by atoms with Crippen LogP contribution in [-0.2, 0) is 56.7 Å². The van der Waals surface area contributed by atoms with Gasteiger partial charge in [-0.05, 0) is 51.2 Å². The number of carbonyl (C=O) groups is 4. The summed E-state index contributed by atoms with van der Waals surface area (Å²) >= 11 is 1.19. The molecule has 0 spiro atoms. The fourth-order valence-electron chi connectivity index (χ4n) is 5.83. The Morgan fingerprint density at radius 3 is 1.33 bits per heavy atom. The first-order chi connectivity index (χ1) is 28.0. The molecular weight excluding hydrogens is 791 g/mol. The van der Waals surface area contributed by atoms with Gasteiger partial charge in [-0.25, -0.2) is 0 Å². The normalized spacial score (nSPS) is 16.2. The predicted molar refractivity (Wildman–Crippen MR) is 223 cm³/mol. The van der Waals surface area contributed by atoms with E-state index >= 15 is 0 Å². The summed E-state index contributed by atoms with van der Waals surface area (Å²) in [6.45, 7) is 2.85. The largest absolute Gasteiger partial charge is 0.377 e. The smallest absolute Gasteiger partial charge is 0.254 e. The van der Waals surface area contributed by atoms with Gasteiger partial charge in [0.1, 0.15) is 19.8 Å². The van der Waals surface area contributed by atoms with Crippen LogP contribution in [0, 0.1) is 42.9 Å². The van der Waals surface area contributed by atoms with E-state index in [0.29, 0.717) is 65.3 Å². The van der Waals surface area contributed by atoms with Crippen molar-refractivity contribution in [2.75, 3.05) is 112 Å². The van der Waals surface area contributed by atoms with Gasteiger partial charge in [0.25, 0.3) is 6.57 Å². The highest BCUT2D eigenvalue weighted by Gasteiger charge is 2.37. The van der Waals surface area contributed by atoms with Gasteiger partial charge >= 0.3 is 0 Å². The zero-order valence-electron chi connectivity index (χ0n) is 34.3. The Morgan fingerprint density at radius 2 is 0.983 bits per heavy atom. The van der Waals surface area contributed by atoms with Gasteiger partial charge in [0, 0.05) is 57.0 Å². The quantitative estimate of drug-likeness (QED) is 0.0412. The molecule has 1 aliphatic carbocycles. The van der Waals surface area contributed by atoms with Crippen molar-refractivity contribution >= 4 is 41.6 Å². The minimum Gasteiger partial charge on any atom is -0.377 e. The summed E-state index contributed by atoms with van der Waals surface area (Å²) in [5, 5.41) is 11.7. The molecule has 0 radical (unpaired) electrons. The first-order valence-electron chi connectivity index (χ1n) is 19.7. The third-order valence-corrected chi connectivity index (χ3v) is 12.6. The Kier molecular flexibility index (Phi) is 30.7. The zero-order chi connectivity index (χ0) is 42.7. The molecule has 1 saturated carbocycles. The molecule has 0 saturated heterocycles. The Balaban J connectivity index is 3.03. The summed E-state index contributed by atoms with van der Waals surface area (Å²) in [6.07, 6.45) is 19.7. The fourth-order valence-corrected chi connectivity index (χ4v) is 7.30. The van der Waals surface area contributed by atoms with E-state index in [2.05, 4.69) is 39.0 Å². The Labute approximate surface area is 349 Å². The van der Waals surface area contributed by atoms with E-state index in [0.717, 1.165) is 0 Å². The molecule has 1 aliphatic rings. The second-order valence-corrected chi connectivity index (χ2v) is 18.7. The van der Waals surface area contributed by atoms with E-state index in [1.165, 1.54) is 11.4 Å². The van der Waals surface area contributed by atoms with Gasteiger partial charge in [-0.1, -0.05) is 29.1 Å². The van der Waals surface area contributed by atoms with Gasteiger partial charge in [-0.2, -0.15) is 0 Å². The maximum atomic E-state index is 14.0. The van der Waals surface area contributed by atoms with Gasteiger partial charge in [-0.15, -0.1) is 19.3 Å². The Morgan fingerprint density at radius 1 is 0.621 bits per heavy atom. The van der Waals surface area contributed by atoms with E-state index in [1.807, 2.05) is 0 Å². The van der Waals surface area contributed by atoms with Gasteiger partial charge in [0.15, 0.2) is 0 Å². The second-order valence-electron chi connectivity index (χ2n) is 13.5. The SMILES string of the molecule is C#CCOCCOCCNC(=O)CCC(CCC(=O)NCCOCCOCC#C)(CCC(=O)NCCOCCOCC#C)NC(=O)C1CCC(OP(C)(=O)SC)CC1. The van der Waals surface area contributed by atoms with Crippen LogP contribution in [0.3, 0.4) is 0 Å². The summed E-state index contributed by atoms with van der Waals surface area (Å²) in [5.74, 6) is 5.70. The summed E-state index contributed by atoms with van der Waals surface area (Å²) in [6, 6.07) is 0. The van der Waals surface area contributed by atoms with Crippen LogP contribution in [0.2, 0.25) is 0 Å². The van der Waals surface area contributed by atoms with Crippen molar-refractivity contribution in [3.8, 4) is 37.0 Å². The Bertz CT molecular complexity index is 1250. The molecule has 0 aromatic carbocycles. The molecular formula is C40H65N4O12PS. The standard InChI is InChI=1S/C40H65N4O12PS/c1-6-22-50-28-31-53-25-19-41-36(45)13-16-40(17-14-37(46)42-20-26-54-32-29-51-23-7-2,18-15-38(47)43-21-27-55-33-30-52-24-8-3)44-39(48)34-9-11-35(12-10-34)56-57(4,49)58-5/h1-3,34-35H,9-33H2,4-5H3,(H,41,45)(H,42,46)(H,43,47)(H,44,48). The molecule has 0 bridgehead atoms. The van der Waals surface area contributed by atoms with Crippen molar-refractivity contribution in [2.24, 2.45) is 5.92 Å². The number of ether oxygens (including phenoxy) is 6. The summed E-state index contributed by atoms with van der Waals surface area (Å²) in [7, 11) is 0. The van der Waals surface area contributed by atoms with Crippen LogP contribution in [-0.4, -0.2) is 147 Å². The van der Waals surface area contributed by atoms with E-state index in [4.69, 9.17) is 52.2 Å². The predicted octanol–water partition coefficient (Wildman–Crippen LogP) is 2.29. The second kappa shape index (κ2) is 33.7. The van der Waals surface area contributed by atoms with Gasteiger partial charge < -0.3 is 54.2 Å². The minimum absolute atomic E-state index is 0.0149. The average molecular weight is 857 g/mol. The fraction of sp³-hybridized carbons (Fsp3) is 0.750. The lowest BCUT2D eigenvalue weighted by molar-refractivity contribution is -0.131. The molecule has 4 amide bonds. The molecule has 1 unspecified atom stereocenters. The van der Waals surface area contributed by atoms with Gasteiger partial charge in [0.2, 0.25) is 23.6 Å². The highest BCUT2D eigenvalue weighted by molar-refractivity contribution is 8.56. The third-order valence-electron chi connectivity index (χ3n) is 8.98. The van der Waals surface area contributed by atoms with Crippen molar-refractivity contribution in [2.45, 2.75) is 75.9 Å². The van der Waals surface area contributed by atoms with Crippen molar-refractivity contribution < 1.29 is 56.7 Å². The van der Waals surface area contributed by atoms with E-state index < -0.39 is 12.1 Å². The summed E-state index contributed by atoms with van der Waals surface area (Å²) < 4.78 is 50.4. The molecule has 1 fully saturated rings. The third kappa shape index (κ3) is 27.5. The molecule has 0 aliphatic heterocycles. The van der Waals surface area contributed by atoms with Crippen molar-refractivity contribution in [1.29, 1.82) is 0 Å². The van der Waals surface area contributed by atoms with Crippen molar-refractivity contribution in [3.05, 3.63) is 0 Å². The molecule has 0 aromatic rings. The van der Waals surface area contributed by atoms with Crippen LogP contribution in [0.15, 0.2) is 0 Å². The number of hydrogen-bond acceptors (Lipinski definition) is 13. The molecule has 58 heavy (non-hydrogen) atoms. The van der Waals surface area contributed by atoms with E-state index in [-0.39, 0.29) is 133 Å². The lowest BCUT2D eigenvalue weighted by atomic mass is 9.81. The van der Waals surface area contributed by atoms with Crippen LogP contribution in [0.25, 0.3) is 0 Å². The lowest BCUT2D eigenvalue weighted by Crippen LogP contribution is -2.52. The van der Waals surface area contributed by atoms with Gasteiger partial charge in [-0.3, -0.25) is 23.7 Å². The number of amides is 4. The number of rotatable bonds is 35. The van der Waals surface area contributed by atoms with Crippen LogP contribution in [0.5, 0.6) is 0 Å². The number of nitrogens with one attached hydrogen (secondary N) is 4. The first kappa shape index (κ1) is 52.9. The van der Waals surface area contributed by atoms with E-state index in [9.17, 15) is 23.7 Å². The molecule has 1 atom stereocenters. The zero-order valence-corrected chi connectivity index (χ0v) is 36.0. The number of hydrogen-bond donors (Lipinski definition) is 4. The van der Waals surface area contributed by atoms with Crippen LogP contribution < -0.4 is 21.3 Å². The summed E-state index contributed by atoms with van der Waals surface area (Å²) in [5.41, 5.74) is -1.09. The van der Waals surface area contributed by atoms with Crippen LogP contribution in [0.1, 0.15) is 64.2 Å². The average Bonchev–Trinajstić information content (AvgIpc) is 3.21. The molecule has 1 rings (SSSR count). The maximum absolute atomic E-state index is 14.0. The Hall–Kier alpha value is -3.14. The van der Waals surface area contributed by atoms with Crippen molar-refractivity contribution in [1.82, 2.24) is 21.3 Å². The van der Waals surface area contributed by atoms with E-state index in [1.54, 1.807) is 12.9 Å². The van der Waals surface area contributed by atoms with Crippen molar-refractivity contribution in [3.63, 3.8) is 0 Å². The lowest BCUT2D eigenvalue weighted by Gasteiger charge is -2.37.